The second kappa shape index (κ2) is 9.71. The van der Waals surface area contributed by atoms with Crippen LogP contribution in [0.3, 0.4) is 0 Å². The van der Waals surface area contributed by atoms with Gasteiger partial charge < -0.3 is 10.3 Å². The van der Waals surface area contributed by atoms with E-state index in [0.29, 0.717) is 19.3 Å². The molecule has 136 valence electrons. The first-order valence-electron chi connectivity index (χ1n) is 7.71. The van der Waals surface area contributed by atoms with Crippen molar-refractivity contribution < 1.29 is 27.5 Å². The fourth-order valence-corrected chi connectivity index (χ4v) is 3.06. The number of benzene rings is 1. The Morgan fingerprint density at radius 1 is 1.12 bits per heavy atom. The zero-order valence-electron chi connectivity index (χ0n) is 14.2. The number of methoxy groups -OCH3 is 1. The summed E-state index contributed by atoms with van der Waals surface area (Å²) >= 11 is 0. The molecule has 0 aliphatic carbocycles. The molecule has 0 saturated heterocycles. The van der Waals surface area contributed by atoms with Gasteiger partial charge in [-0.3, -0.25) is 4.79 Å². The Morgan fingerprint density at radius 3 is 2.28 bits per heavy atom. The van der Waals surface area contributed by atoms with Gasteiger partial charge in [-0.25, -0.2) is 17.9 Å². The van der Waals surface area contributed by atoms with Crippen molar-refractivity contribution in [1.29, 1.82) is 0 Å². The van der Waals surface area contributed by atoms with Crippen molar-refractivity contribution in [3.63, 3.8) is 0 Å². The SMILES string of the molecule is COC(=O)C(CCCCCC(=O)NS(=O)(=O)c1ccc(C)cc1)=[N+]=[N-]. The highest BCUT2D eigenvalue weighted by Crippen LogP contribution is 2.11. The summed E-state index contributed by atoms with van der Waals surface area (Å²) in [7, 11) is -2.68. The molecule has 25 heavy (non-hydrogen) atoms. The van der Waals surface area contributed by atoms with Crippen molar-refractivity contribution in [3.8, 4) is 0 Å². The number of carbonyl (C=O) groups excluding carboxylic acids is 2. The number of nitrogens with zero attached hydrogens (tertiary/aromatic N) is 2. The van der Waals surface area contributed by atoms with E-state index in [4.69, 9.17) is 5.53 Å². The zero-order chi connectivity index (χ0) is 18.9. The Bertz CT molecular complexity index is 765. The normalized spacial score (nSPS) is 10.6. The van der Waals surface area contributed by atoms with Crippen molar-refractivity contribution in [1.82, 2.24) is 4.72 Å². The molecule has 1 amide bonds. The van der Waals surface area contributed by atoms with E-state index in [1.807, 2.05) is 11.6 Å². The first-order valence-corrected chi connectivity index (χ1v) is 9.20. The molecule has 0 bridgehead atoms. The summed E-state index contributed by atoms with van der Waals surface area (Å²) in [5.41, 5.74) is 9.51. The summed E-state index contributed by atoms with van der Waals surface area (Å²) in [6.07, 6.45) is 1.76. The average molecular weight is 367 g/mol. The van der Waals surface area contributed by atoms with Crippen LogP contribution in [0.4, 0.5) is 0 Å². The molecule has 0 unspecified atom stereocenters. The van der Waals surface area contributed by atoms with Gasteiger partial charge in [-0.05, 0) is 31.9 Å². The van der Waals surface area contributed by atoms with Crippen molar-refractivity contribution in [2.75, 3.05) is 7.11 Å². The molecule has 0 spiro atoms. The number of amides is 1. The predicted molar refractivity (Wildman–Crippen MR) is 90.2 cm³/mol. The second-order valence-corrected chi connectivity index (χ2v) is 7.12. The molecule has 1 aromatic carbocycles. The Balaban J connectivity index is 2.39. The number of ether oxygens (including phenoxy) is 1. The molecule has 0 radical (unpaired) electrons. The van der Waals surface area contributed by atoms with Crippen molar-refractivity contribution in [3.05, 3.63) is 35.4 Å². The minimum atomic E-state index is -3.86. The van der Waals surface area contributed by atoms with Crippen LogP contribution in [0, 0.1) is 6.92 Å². The van der Waals surface area contributed by atoms with E-state index in [2.05, 4.69) is 9.53 Å². The highest BCUT2D eigenvalue weighted by molar-refractivity contribution is 7.90. The quantitative estimate of drug-likeness (QED) is 0.233. The molecule has 0 heterocycles. The molecule has 1 N–H and O–H groups in total. The van der Waals surface area contributed by atoms with Crippen molar-refractivity contribution in [2.24, 2.45) is 0 Å². The highest BCUT2D eigenvalue weighted by atomic mass is 32.2. The first kappa shape index (κ1) is 20.5. The summed E-state index contributed by atoms with van der Waals surface area (Å²) in [4.78, 5) is 25.9. The van der Waals surface area contributed by atoms with Gasteiger partial charge in [-0.1, -0.05) is 24.1 Å². The summed E-state index contributed by atoms with van der Waals surface area (Å²) in [6, 6.07) is 6.18. The maximum Gasteiger partial charge on any atom is 0.416 e. The number of esters is 1. The van der Waals surface area contributed by atoms with Gasteiger partial charge in [-0.2, -0.15) is 4.79 Å². The van der Waals surface area contributed by atoms with E-state index < -0.39 is 21.9 Å². The Hall–Kier alpha value is -2.51. The Kier molecular flexibility index (Phi) is 7.97. The standard InChI is InChI=1S/C16H21N3O5S/c1-12-8-10-13(11-9-12)25(22,23)19-15(20)7-5-3-4-6-14(18-17)16(21)24-2/h8-11H,3-7H2,1-2H3,(H,19,20). The van der Waals surface area contributed by atoms with Gasteiger partial charge in [0.05, 0.1) is 18.4 Å². The number of hydrogen-bond donors (Lipinski definition) is 1. The lowest BCUT2D eigenvalue weighted by atomic mass is 10.1. The van der Waals surface area contributed by atoms with Crippen LogP contribution in [0.2, 0.25) is 0 Å². The van der Waals surface area contributed by atoms with Crippen molar-refractivity contribution in [2.45, 2.75) is 43.9 Å². The molecular formula is C16H21N3O5S. The largest absolute Gasteiger partial charge is 0.460 e. The topological polar surface area (TPSA) is 126 Å². The summed E-state index contributed by atoms with van der Waals surface area (Å²) in [6.45, 7) is 1.84. The lowest BCUT2D eigenvalue weighted by molar-refractivity contribution is -0.137. The number of hydrogen-bond acceptors (Lipinski definition) is 5. The van der Waals surface area contributed by atoms with Gasteiger partial charge >= 0.3 is 11.7 Å². The van der Waals surface area contributed by atoms with E-state index >= 15 is 0 Å². The van der Waals surface area contributed by atoms with Crippen LogP contribution < -0.4 is 4.72 Å². The highest BCUT2D eigenvalue weighted by Gasteiger charge is 2.20. The minimum absolute atomic E-state index is 0.0355. The Labute approximate surface area is 146 Å². The third kappa shape index (κ3) is 6.86. The third-order valence-corrected chi connectivity index (χ3v) is 4.83. The van der Waals surface area contributed by atoms with Crippen LogP contribution in [0.25, 0.3) is 5.53 Å². The summed E-state index contributed by atoms with van der Waals surface area (Å²) in [5, 5.41) is 0. The van der Waals surface area contributed by atoms with Gasteiger partial charge in [-0.15, -0.1) is 0 Å². The average Bonchev–Trinajstić information content (AvgIpc) is 2.57. The smallest absolute Gasteiger partial charge is 0.416 e. The number of sulfonamides is 1. The fourth-order valence-electron chi connectivity index (χ4n) is 2.04. The summed E-state index contributed by atoms with van der Waals surface area (Å²) < 4.78 is 30.6. The lowest BCUT2D eigenvalue weighted by Crippen LogP contribution is -2.30. The van der Waals surface area contributed by atoms with Crippen LogP contribution in [-0.4, -0.2) is 37.9 Å². The molecule has 0 aromatic heterocycles. The predicted octanol–water partition coefficient (Wildman–Crippen LogP) is 1.59. The van der Waals surface area contributed by atoms with E-state index in [1.54, 1.807) is 12.1 Å². The molecule has 9 heteroatoms. The van der Waals surface area contributed by atoms with E-state index in [9.17, 15) is 18.0 Å². The molecule has 0 fully saturated rings. The number of rotatable bonds is 9. The molecule has 1 rings (SSSR count). The van der Waals surface area contributed by atoms with Crippen LogP contribution in [0.15, 0.2) is 29.2 Å². The van der Waals surface area contributed by atoms with Crippen LogP contribution >= 0.6 is 0 Å². The Morgan fingerprint density at radius 2 is 1.72 bits per heavy atom. The van der Waals surface area contributed by atoms with Crippen molar-refractivity contribution >= 4 is 27.6 Å². The monoisotopic (exact) mass is 367 g/mol. The van der Waals surface area contributed by atoms with E-state index in [-0.39, 0.29) is 23.4 Å². The maximum atomic E-state index is 12.1. The summed E-state index contributed by atoms with van der Waals surface area (Å²) in [5.74, 6) is -1.30. The van der Waals surface area contributed by atoms with Gasteiger partial charge in [0.1, 0.15) is 0 Å². The van der Waals surface area contributed by atoms with Gasteiger partial charge in [0.2, 0.25) is 5.91 Å². The molecule has 0 saturated carbocycles. The molecule has 0 aliphatic rings. The van der Waals surface area contributed by atoms with Crippen LogP contribution in [0.5, 0.6) is 0 Å². The van der Waals surface area contributed by atoms with Gasteiger partial charge in [0, 0.05) is 6.42 Å². The molecule has 1 aromatic rings. The number of carbonyl (C=O) groups is 2. The minimum Gasteiger partial charge on any atom is -0.460 e. The first-order chi connectivity index (χ1) is 11.8. The van der Waals surface area contributed by atoms with Crippen LogP contribution in [0.1, 0.15) is 37.7 Å². The van der Waals surface area contributed by atoms with Gasteiger partial charge in [0.25, 0.3) is 10.0 Å². The van der Waals surface area contributed by atoms with Crippen LogP contribution in [-0.2, 0) is 24.3 Å². The van der Waals surface area contributed by atoms with Gasteiger partial charge in [0.15, 0.2) is 0 Å². The molecule has 0 aliphatic heterocycles. The number of nitrogens with one attached hydrogen (secondary N) is 1. The molecule has 8 nitrogen and oxygen atoms in total. The van der Waals surface area contributed by atoms with E-state index in [1.165, 1.54) is 19.2 Å². The second-order valence-electron chi connectivity index (χ2n) is 5.44. The molecule has 0 atom stereocenters. The molecular weight excluding hydrogens is 346 g/mol. The zero-order valence-corrected chi connectivity index (χ0v) is 15.0. The maximum absolute atomic E-state index is 12.1. The number of unbranched alkanes of at least 4 members (excludes halogenated alkanes) is 2. The number of aryl methyl sites for hydroxylation is 1. The van der Waals surface area contributed by atoms with E-state index in [0.717, 1.165) is 5.56 Å². The fraction of sp³-hybridized carbons (Fsp3) is 0.438. The lowest BCUT2D eigenvalue weighted by Gasteiger charge is -2.07. The third-order valence-electron chi connectivity index (χ3n) is 3.44.